The molecule has 0 aromatic carbocycles. The van der Waals surface area contributed by atoms with Crippen molar-refractivity contribution in [2.24, 2.45) is 51.8 Å². The molecule has 3 saturated carbocycles. The molecule has 0 aromatic heterocycles. The highest BCUT2D eigenvalue weighted by Gasteiger charge is 2.60. The third-order valence-corrected chi connectivity index (χ3v) is 12.9. The highest BCUT2D eigenvalue weighted by Crippen LogP contribution is 2.67. The predicted molar refractivity (Wildman–Crippen MR) is 150 cm³/mol. The molecular weight excluding hydrogens is 540 g/mol. The summed E-state index contributed by atoms with van der Waals surface area (Å²) in [6, 6.07) is 0. The van der Waals surface area contributed by atoms with Gasteiger partial charge in [0.05, 0.1) is 0 Å². The van der Waals surface area contributed by atoms with Crippen molar-refractivity contribution in [2.75, 3.05) is 0 Å². The molecule has 0 heterocycles. The zero-order chi connectivity index (χ0) is 29.2. The number of fused-ring (bicyclic) bond motifs is 5. The van der Waals surface area contributed by atoms with E-state index in [-0.39, 0.29) is 18.3 Å². The summed E-state index contributed by atoms with van der Waals surface area (Å²) in [7, 11) is -9.67. The first-order chi connectivity index (χ1) is 17.7. The van der Waals surface area contributed by atoms with Crippen LogP contribution in [-0.2, 0) is 29.2 Å². The van der Waals surface area contributed by atoms with Crippen molar-refractivity contribution >= 4 is 20.8 Å². The third kappa shape index (κ3) is 6.46. The van der Waals surface area contributed by atoms with Gasteiger partial charge in [-0.05, 0) is 103 Å². The molecule has 3 fully saturated rings. The Morgan fingerprint density at radius 1 is 0.949 bits per heavy atom. The van der Waals surface area contributed by atoms with Gasteiger partial charge in [-0.1, -0.05) is 66.5 Å². The summed E-state index contributed by atoms with van der Waals surface area (Å²) >= 11 is 0. The van der Waals surface area contributed by atoms with Crippen LogP contribution in [0.15, 0.2) is 11.6 Å². The fourth-order valence-corrected chi connectivity index (χ4v) is 10.3. The Labute approximate surface area is 236 Å². The smallest absolute Gasteiger partial charge is 0.264 e. The van der Waals surface area contributed by atoms with Crippen LogP contribution < -0.4 is 0 Å². The largest absolute Gasteiger partial charge is 0.397 e. The lowest BCUT2D eigenvalue weighted by molar-refractivity contribution is -0.0795. The SMILES string of the molecule is C[C@H](CC[C@H](C)C(C)(C)C)[C@H]1CC[C@H]2[C@@H]3CC=C4C[C@H](OS(=O)(=O)O)[C@@H](OS(=O)(=O)O)C[C@]4(C)[C@H]3CC[C@]12C. The molecule has 226 valence electrons. The molecule has 10 atom stereocenters. The molecule has 8 nitrogen and oxygen atoms in total. The second-order valence-electron chi connectivity index (χ2n) is 14.8. The van der Waals surface area contributed by atoms with Crippen LogP contribution in [0.4, 0.5) is 0 Å². The second kappa shape index (κ2) is 10.6. The Bertz CT molecular complexity index is 1160. The average Bonchev–Trinajstić information content (AvgIpc) is 3.12. The van der Waals surface area contributed by atoms with Crippen molar-refractivity contribution < 1.29 is 34.3 Å². The fourth-order valence-electron chi connectivity index (χ4n) is 9.28. The van der Waals surface area contributed by atoms with Crippen molar-refractivity contribution in [3.63, 3.8) is 0 Å². The van der Waals surface area contributed by atoms with Gasteiger partial charge in [-0.2, -0.15) is 16.8 Å². The summed E-state index contributed by atoms with van der Waals surface area (Å²) in [5.74, 6) is 3.42. The Hall–Kier alpha value is -0.520. The van der Waals surface area contributed by atoms with Crippen LogP contribution in [-0.4, -0.2) is 38.1 Å². The lowest BCUT2D eigenvalue weighted by atomic mass is 9.46. The molecular formula is C29H50O8S2. The molecule has 0 aliphatic heterocycles. The molecule has 0 bridgehead atoms. The summed E-state index contributed by atoms with van der Waals surface area (Å²) in [5, 5.41) is 0. The van der Waals surface area contributed by atoms with Crippen molar-refractivity contribution in [2.45, 2.75) is 118 Å². The summed E-state index contributed by atoms with van der Waals surface area (Å²) in [6.45, 7) is 16.5. The first-order valence-electron chi connectivity index (χ1n) is 14.8. The van der Waals surface area contributed by atoms with E-state index < -0.39 is 38.4 Å². The molecule has 0 unspecified atom stereocenters. The monoisotopic (exact) mass is 590 g/mol. The molecule has 0 saturated heterocycles. The molecule has 4 aliphatic carbocycles. The highest BCUT2D eigenvalue weighted by molar-refractivity contribution is 7.81. The maximum absolute atomic E-state index is 11.7. The Kier molecular flexibility index (Phi) is 8.57. The van der Waals surface area contributed by atoms with Gasteiger partial charge < -0.3 is 0 Å². The minimum absolute atomic E-state index is 0.132. The van der Waals surface area contributed by atoms with E-state index in [2.05, 4.69) is 54.5 Å². The standard InChI is InChI=1S/C29H50O8S2/c1-18(8-9-19(2)27(3,4)5)22-12-13-23-21-11-10-20-16-25(36-38(30,31)32)26(37-39(33,34)35)17-29(20,7)24(21)14-15-28(22,23)6/h10,18-19,21-26H,8-9,11-17H2,1-7H3,(H,30,31,32)(H,33,34,35)/t18-,19+,21+,22-,23+,24+,25+,26+,28-,29+/m1/s1. The van der Waals surface area contributed by atoms with Crippen LogP contribution in [0, 0.1) is 51.8 Å². The predicted octanol–water partition coefficient (Wildman–Crippen LogP) is 6.65. The number of hydrogen-bond acceptors (Lipinski definition) is 6. The number of allylic oxidation sites excluding steroid dienone is 1. The molecule has 0 amide bonds. The van der Waals surface area contributed by atoms with Gasteiger partial charge in [0.2, 0.25) is 0 Å². The highest BCUT2D eigenvalue weighted by atomic mass is 32.3. The van der Waals surface area contributed by atoms with Crippen molar-refractivity contribution in [1.29, 1.82) is 0 Å². The van der Waals surface area contributed by atoms with Crippen LogP contribution >= 0.6 is 0 Å². The van der Waals surface area contributed by atoms with Gasteiger partial charge in [0.1, 0.15) is 12.2 Å². The van der Waals surface area contributed by atoms with E-state index in [0.717, 1.165) is 24.8 Å². The second-order valence-corrected chi connectivity index (χ2v) is 16.9. The van der Waals surface area contributed by atoms with E-state index in [1.807, 2.05) is 0 Å². The Balaban J connectivity index is 1.55. The van der Waals surface area contributed by atoms with Crippen molar-refractivity contribution in [3.05, 3.63) is 11.6 Å². The lowest BCUT2D eigenvalue weighted by Gasteiger charge is -2.59. The fraction of sp³-hybridized carbons (Fsp3) is 0.931. The maximum Gasteiger partial charge on any atom is 0.397 e. The van der Waals surface area contributed by atoms with Crippen molar-refractivity contribution in [3.8, 4) is 0 Å². The lowest BCUT2D eigenvalue weighted by Crippen LogP contribution is -2.54. The Morgan fingerprint density at radius 3 is 2.15 bits per heavy atom. The summed E-state index contributed by atoms with van der Waals surface area (Å²) in [6.07, 6.45) is 8.14. The van der Waals surface area contributed by atoms with Gasteiger partial charge in [0.15, 0.2) is 0 Å². The summed E-state index contributed by atoms with van der Waals surface area (Å²) in [4.78, 5) is 0. The minimum Gasteiger partial charge on any atom is -0.264 e. The van der Waals surface area contributed by atoms with Gasteiger partial charge in [-0.15, -0.1) is 0 Å². The van der Waals surface area contributed by atoms with Gasteiger partial charge in [0, 0.05) is 0 Å². The third-order valence-electron chi connectivity index (χ3n) is 11.9. The van der Waals surface area contributed by atoms with Crippen molar-refractivity contribution in [1.82, 2.24) is 0 Å². The van der Waals surface area contributed by atoms with Crippen LogP contribution in [0.3, 0.4) is 0 Å². The van der Waals surface area contributed by atoms with E-state index in [0.29, 0.717) is 40.9 Å². The zero-order valence-corrected chi connectivity index (χ0v) is 26.4. The van der Waals surface area contributed by atoms with E-state index >= 15 is 0 Å². The van der Waals surface area contributed by atoms with Crippen LogP contribution in [0.25, 0.3) is 0 Å². The first-order valence-corrected chi connectivity index (χ1v) is 17.5. The van der Waals surface area contributed by atoms with E-state index in [4.69, 9.17) is 8.37 Å². The number of hydrogen-bond donors (Lipinski definition) is 2. The molecule has 4 rings (SSSR count). The molecule has 0 radical (unpaired) electrons. The first kappa shape index (κ1) is 31.4. The summed E-state index contributed by atoms with van der Waals surface area (Å²) < 4.78 is 74.8. The van der Waals surface area contributed by atoms with E-state index in [9.17, 15) is 25.9 Å². The van der Waals surface area contributed by atoms with Crippen LogP contribution in [0.2, 0.25) is 0 Å². The van der Waals surface area contributed by atoms with Gasteiger partial charge >= 0.3 is 20.8 Å². The quantitative estimate of drug-likeness (QED) is 0.238. The molecule has 2 N–H and O–H groups in total. The van der Waals surface area contributed by atoms with Gasteiger partial charge in [0.25, 0.3) is 0 Å². The van der Waals surface area contributed by atoms with Gasteiger partial charge in [-0.25, -0.2) is 8.37 Å². The molecule has 0 spiro atoms. The van der Waals surface area contributed by atoms with E-state index in [1.54, 1.807) is 0 Å². The zero-order valence-electron chi connectivity index (χ0n) is 24.7. The van der Waals surface area contributed by atoms with Gasteiger partial charge in [-0.3, -0.25) is 9.11 Å². The normalized spacial score (nSPS) is 40.7. The number of rotatable bonds is 8. The van der Waals surface area contributed by atoms with E-state index in [1.165, 1.54) is 25.7 Å². The maximum atomic E-state index is 11.7. The van der Waals surface area contributed by atoms with Crippen LogP contribution in [0.5, 0.6) is 0 Å². The molecule has 4 aliphatic rings. The molecule has 39 heavy (non-hydrogen) atoms. The molecule has 0 aromatic rings. The minimum atomic E-state index is -4.84. The summed E-state index contributed by atoms with van der Waals surface area (Å²) in [5.41, 5.74) is 1.24. The topological polar surface area (TPSA) is 127 Å². The Morgan fingerprint density at radius 2 is 1.56 bits per heavy atom. The average molecular weight is 591 g/mol. The molecule has 10 heteroatoms. The van der Waals surface area contributed by atoms with Crippen LogP contribution in [0.1, 0.15) is 106 Å².